The zero-order chi connectivity index (χ0) is 62.9. The average Bonchev–Trinajstić information content (AvgIpc) is 1.57. The van der Waals surface area contributed by atoms with E-state index in [1.54, 1.807) is 0 Å². The molecule has 5 nitrogen and oxygen atoms in total. The number of ether oxygens (including phenoxy) is 1. The Bertz CT molecular complexity index is 4670. The van der Waals surface area contributed by atoms with Crippen molar-refractivity contribution in [1.82, 2.24) is 4.98 Å². The van der Waals surface area contributed by atoms with E-state index in [9.17, 15) is 2.74 Å². The van der Waals surface area contributed by atoms with Gasteiger partial charge < -0.3 is 19.4 Å². The molecule has 1 atom stereocenters. The van der Waals surface area contributed by atoms with Crippen LogP contribution in [0.1, 0.15) is 91.4 Å². The molecule has 0 saturated heterocycles. The van der Waals surface area contributed by atoms with Crippen LogP contribution < -0.4 is 40.2 Å². The molecule has 0 bridgehead atoms. The molecule has 10 aromatic carbocycles. The zero-order valence-corrected chi connectivity index (χ0v) is 53.4. The van der Waals surface area contributed by atoms with Crippen LogP contribution in [0.3, 0.4) is 0 Å². The summed E-state index contributed by atoms with van der Waals surface area (Å²) < 4.78 is 52.2. The number of aryl methyl sites for hydroxylation is 1. The quantitative estimate of drug-likeness (QED) is 0.106. The molecule has 7 heteroatoms. The van der Waals surface area contributed by atoms with Crippen molar-refractivity contribution in [3.8, 4) is 56.0 Å². The van der Waals surface area contributed by atoms with Gasteiger partial charge in [-0.3, -0.25) is 0 Å². The maximum atomic E-state index is 9.36. The van der Waals surface area contributed by atoms with Crippen molar-refractivity contribution in [2.45, 2.75) is 85.5 Å². The van der Waals surface area contributed by atoms with Crippen LogP contribution in [0.15, 0.2) is 231 Å². The Labute approximate surface area is 531 Å². The molecule has 0 N–H and O–H groups in total. The minimum Gasteiger partial charge on any atom is -0.509 e. The number of aromatic nitrogens is 1. The van der Waals surface area contributed by atoms with Crippen molar-refractivity contribution in [3.63, 3.8) is 0 Å². The van der Waals surface area contributed by atoms with E-state index in [0.29, 0.717) is 28.4 Å². The topological polar surface area (TPSA) is 31.8 Å². The fourth-order valence-corrected chi connectivity index (χ4v) is 18.4. The third kappa shape index (κ3) is 9.53. The van der Waals surface area contributed by atoms with Crippen molar-refractivity contribution in [1.29, 1.82) is 0 Å². The van der Waals surface area contributed by atoms with Gasteiger partial charge in [0.05, 0.1) is 6.85 Å². The summed E-state index contributed by atoms with van der Waals surface area (Å²) in [6.07, 6.45) is 2.02. The third-order valence-corrected chi connectivity index (χ3v) is 22.2. The Balaban J connectivity index is 0.00000758. The molecule has 0 amide bonds. The summed E-state index contributed by atoms with van der Waals surface area (Å²) in [5.74, 6) is 1.79. The molecule has 4 heterocycles. The van der Waals surface area contributed by atoms with Gasteiger partial charge >= 0.3 is 0 Å². The number of anilines is 7. The number of benzene rings is 10. The van der Waals surface area contributed by atoms with E-state index >= 15 is 0 Å². The van der Waals surface area contributed by atoms with Crippen LogP contribution in [0.5, 0.6) is 11.5 Å². The van der Waals surface area contributed by atoms with Crippen LogP contribution in [0, 0.1) is 25.7 Å². The first kappa shape index (κ1) is 50.7. The summed E-state index contributed by atoms with van der Waals surface area (Å²) in [4.78, 5) is 11.8. The Morgan fingerprint density at radius 2 is 1.08 bits per heavy atom. The Kier molecular flexibility index (Phi) is 12.7. The number of fused-ring (bicyclic) bond motifs is 6. The molecule has 11 aromatic rings. The third-order valence-electron chi connectivity index (χ3n) is 17.3. The number of rotatable bonds is 9. The second-order valence-electron chi connectivity index (χ2n) is 25.8. The summed E-state index contributed by atoms with van der Waals surface area (Å²) in [5, 5.41) is 5.13. The van der Waals surface area contributed by atoms with E-state index in [1.165, 1.54) is 31.9 Å². The van der Waals surface area contributed by atoms with E-state index in [0.717, 1.165) is 73.1 Å². The number of nitrogens with zero attached hydrogens (tertiary/aromatic N) is 4. The van der Waals surface area contributed by atoms with E-state index in [4.69, 9.17) is 13.8 Å². The van der Waals surface area contributed by atoms with E-state index < -0.39 is 26.2 Å². The molecular formula is C79H69N4OPtSi-3. The van der Waals surface area contributed by atoms with Crippen molar-refractivity contribution < 1.29 is 32.7 Å². The molecule has 86 heavy (non-hydrogen) atoms. The maximum Gasteiger partial charge on any atom is 0.135 e. The minimum absolute atomic E-state index is 0. The first-order chi connectivity index (χ1) is 43.0. The summed E-state index contributed by atoms with van der Waals surface area (Å²) in [6.45, 7) is 24.2. The van der Waals surface area contributed by atoms with Crippen LogP contribution in [0.2, 0.25) is 0 Å². The second-order valence-corrected chi connectivity index (χ2v) is 29.5. The predicted molar refractivity (Wildman–Crippen MR) is 358 cm³/mol. The first-order valence-corrected chi connectivity index (χ1v) is 31.3. The predicted octanol–water partition coefficient (Wildman–Crippen LogP) is 18.2. The van der Waals surface area contributed by atoms with E-state index in [2.05, 4.69) is 248 Å². The number of hydrogen-bond donors (Lipinski definition) is 0. The maximum absolute atomic E-state index is 9.36. The molecule has 3 aliphatic rings. The van der Waals surface area contributed by atoms with E-state index in [1.807, 2.05) is 55.3 Å². The molecular weight excluding hydrogens is 1240 g/mol. The first-order valence-electron chi connectivity index (χ1n) is 31.8. The van der Waals surface area contributed by atoms with Crippen molar-refractivity contribution in [3.05, 3.63) is 272 Å². The van der Waals surface area contributed by atoms with Crippen molar-refractivity contribution in [2.24, 2.45) is 0 Å². The average molecular weight is 1320 g/mol. The number of para-hydroxylation sites is 4. The summed E-state index contributed by atoms with van der Waals surface area (Å²) in [7, 11) is -3.00. The molecule has 0 radical (unpaired) electrons. The SMILES string of the molecule is [2H]c1c([2H])c([2H])c(-c2cccc(-c3cc(C(C)(C)C)cc(C(C)(C)C)c3)c2N2[CH-]N(c3[c-]c(Oc4[c-]c5c6c(c4)-c4ccccc4[Si]6(c4ccccc4)c4ccccc4N5c4cc(C)c(-c5ccc(C(C)(C)C)cc5)cn4)ccc3)c3ccccc32)c([2H])c1[2H].[Pt]. The zero-order valence-electron chi connectivity index (χ0n) is 55.1. The molecule has 0 spiro atoms. The molecule has 428 valence electrons. The van der Waals surface area contributed by atoms with Crippen LogP contribution in [-0.2, 0) is 37.3 Å². The van der Waals surface area contributed by atoms with Gasteiger partial charge in [0, 0.05) is 78.2 Å². The van der Waals surface area contributed by atoms with Crippen LogP contribution in [-0.4, -0.2) is 13.1 Å². The van der Waals surface area contributed by atoms with Crippen molar-refractivity contribution in [2.75, 3.05) is 14.7 Å². The van der Waals surface area contributed by atoms with Gasteiger partial charge in [-0.25, -0.2) is 4.98 Å². The largest absolute Gasteiger partial charge is 0.509 e. The smallest absolute Gasteiger partial charge is 0.135 e. The fourth-order valence-electron chi connectivity index (χ4n) is 12.9. The summed E-state index contributed by atoms with van der Waals surface area (Å²) in [5.41, 5.74) is 16.2. The van der Waals surface area contributed by atoms with Gasteiger partial charge in [-0.1, -0.05) is 254 Å². The molecule has 1 aromatic heterocycles. The Morgan fingerprint density at radius 3 is 1.76 bits per heavy atom. The van der Waals surface area contributed by atoms with Gasteiger partial charge in [-0.15, -0.1) is 53.4 Å². The fraction of sp³-hybridized carbons (Fsp3) is 0.165. The summed E-state index contributed by atoms with van der Waals surface area (Å²) >= 11 is 0. The van der Waals surface area contributed by atoms with Gasteiger partial charge in [0.25, 0.3) is 0 Å². The molecule has 1 unspecified atom stereocenters. The van der Waals surface area contributed by atoms with Gasteiger partial charge in [-0.2, -0.15) is 6.07 Å². The van der Waals surface area contributed by atoms with Crippen LogP contribution >= 0.6 is 0 Å². The van der Waals surface area contributed by atoms with Gasteiger partial charge in [0.1, 0.15) is 13.9 Å². The molecule has 0 fully saturated rings. The summed E-state index contributed by atoms with van der Waals surface area (Å²) in [6, 6.07) is 74.6. The molecule has 0 aliphatic carbocycles. The second kappa shape index (κ2) is 21.5. The monoisotopic (exact) mass is 1320 g/mol. The van der Waals surface area contributed by atoms with Gasteiger partial charge in [0.15, 0.2) is 0 Å². The normalized spacial score (nSPS) is 15.7. The number of hydrogen-bond acceptors (Lipinski definition) is 5. The molecule has 3 aliphatic heterocycles. The molecule has 0 saturated carbocycles. The van der Waals surface area contributed by atoms with Gasteiger partial charge in [-0.05, 0) is 97.1 Å². The molecule has 14 rings (SSSR count). The standard InChI is InChI=1S/C79H69N4OSi.Pt/c1-52-43-74(80-50-67(52)54-39-41-56(42-40-54)77(2,3)4)83-70-36-20-22-38-73(70)85(62-29-15-12-16-30-62)72-37-21-17-31-65(72)66-48-61(49-71(83)76(66)85)84-60-28-23-27-59(47-60)81-51-82(69-35-19-18-34-68(69)81)75-63(53-25-13-11-14-26-53)32-24-33-64(75)55-44-57(78(5,6)7)46-58(45-55)79(8,9)10;/h11-46,48,50-51H,1-10H3;/q-3;/i11D,13D,14D,25D,26D;. The number of pyridine rings is 1. The van der Waals surface area contributed by atoms with Crippen molar-refractivity contribution >= 4 is 68.8 Å². The Morgan fingerprint density at radius 1 is 0.488 bits per heavy atom. The van der Waals surface area contributed by atoms with E-state index in [-0.39, 0.29) is 55.0 Å². The van der Waals surface area contributed by atoms with Gasteiger partial charge in [0.2, 0.25) is 0 Å². The van der Waals surface area contributed by atoms with Crippen LogP contribution in [0.25, 0.3) is 44.5 Å². The minimum atomic E-state index is -3.00. The Hall–Kier alpha value is -8.54. The van der Waals surface area contributed by atoms with Crippen LogP contribution in [0.4, 0.5) is 39.9 Å².